The molecule has 0 spiro atoms. The predicted molar refractivity (Wildman–Crippen MR) is 141 cm³/mol. The highest BCUT2D eigenvalue weighted by Gasteiger charge is 2.59. The summed E-state index contributed by atoms with van der Waals surface area (Å²) in [6, 6.07) is 19.0. The molecule has 1 aromatic heterocycles. The first-order valence-electron chi connectivity index (χ1n) is 13.0. The summed E-state index contributed by atoms with van der Waals surface area (Å²) >= 11 is 0. The van der Waals surface area contributed by atoms with Crippen LogP contribution in [0.25, 0.3) is 16.6 Å². The van der Waals surface area contributed by atoms with E-state index in [0.29, 0.717) is 11.4 Å². The molecule has 2 aliphatic rings. The molecule has 0 radical (unpaired) electrons. The Bertz CT molecular complexity index is 1540. The highest BCUT2D eigenvalue weighted by atomic mass is 19.3. The van der Waals surface area contributed by atoms with Crippen LogP contribution in [0.5, 0.6) is 0 Å². The summed E-state index contributed by atoms with van der Waals surface area (Å²) in [6.45, 7) is 1.53. The van der Waals surface area contributed by atoms with E-state index in [-0.39, 0.29) is 17.6 Å². The van der Waals surface area contributed by atoms with Crippen LogP contribution in [0.15, 0.2) is 79.0 Å². The Hall–Kier alpha value is -4.14. The van der Waals surface area contributed by atoms with Crippen molar-refractivity contribution in [3.8, 4) is 5.69 Å². The van der Waals surface area contributed by atoms with Crippen LogP contribution in [0, 0.1) is 17.2 Å². The van der Waals surface area contributed by atoms with Gasteiger partial charge in [0.2, 0.25) is 18.2 Å². The van der Waals surface area contributed by atoms with Gasteiger partial charge >= 0.3 is 0 Å². The fourth-order valence-corrected chi connectivity index (χ4v) is 5.65. The number of hydrogen-bond donors (Lipinski definition) is 1. The van der Waals surface area contributed by atoms with Crippen LogP contribution in [0.1, 0.15) is 37.8 Å². The fraction of sp³-hybridized carbons (Fsp3) is 0.300. The number of aromatic nitrogens is 2. The van der Waals surface area contributed by atoms with Gasteiger partial charge in [-0.3, -0.25) is 9.59 Å². The molecule has 6 nitrogen and oxygen atoms in total. The molecule has 9 heteroatoms. The first-order valence-corrected chi connectivity index (χ1v) is 13.0. The summed E-state index contributed by atoms with van der Waals surface area (Å²) < 4.78 is 43.0. The number of carbonyl (C=O) groups excluding carboxylic acids is 2. The van der Waals surface area contributed by atoms with Crippen molar-refractivity contribution in [2.24, 2.45) is 11.3 Å². The third-order valence-corrected chi connectivity index (χ3v) is 7.85. The van der Waals surface area contributed by atoms with Crippen LogP contribution < -0.4 is 10.2 Å². The zero-order chi connectivity index (χ0) is 27.3. The van der Waals surface area contributed by atoms with E-state index in [9.17, 15) is 22.8 Å². The molecular formula is C30H27F3N4O2. The van der Waals surface area contributed by atoms with Crippen molar-refractivity contribution in [3.63, 3.8) is 0 Å². The second-order valence-electron chi connectivity index (χ2n) is 10.6. The maximum atomic E-state index is 14.1. The first kappa shape index (κ1) is 25.2. The van der Waals surface area contributed by atoms with Gasteiger partial charge in [0.1, 0.15) is 5.82 Å². The summed E-state index contributed by atoms with van der Waals surface area (Å²) in [5.41, 5.74) is 1.15. The van der Waals surface area contributed by atoms with Crippen molar-refractivity contribution in [2.75, 3.05) is 4.90 Å². The summed E-state index contributed by atoms with van der Waals surface area (Å²) in [4.78, 5) is 28.6. The molecule has 2 fully saturated rings. The maximum absolute atomic E-state index is 14.1. The number of alkyl halides is 2. The summed E-state index contributed by atoms with van der Waals surface area (Å²) in [7, 11) is 0. The Morgan fingerprint density at radius 2 is 1.74 bits per heavy atom. The molecule has 39 heavy (non-hydrogen) atoms. The van der Waals surface area contributed by atoms with Gasteiger partial charge in [-0.25, -0.2) is 17.9 Å². The highest BCUT2D eigenvalue weighted by Crippen LogP contribution is 2.50. The van der Waals surface area contributed by atoms with E-state index in [0.717, 1.165) is 29.3 Å². The van der Waals surface area contributed by atoms with Gasteiger partial charge in [-0.05, 0) is 67.8 Å². The average Bonchev–Trinajstić information content (AvgIpc) is 3.66. The minimum atomic E-state index is -2.73. The molecule has 1 saturated carbocycles. The number of rotatable bonds is 7. The van der Waals surface area contributed by atoms with Crippen molar-refractivity contribution in [2.45, 2.75) is 44.7 Å². The number of amides is 2. The minimum absolute atomic E-state index is 0.143. The van der Waals surface area contributed by atoms with Crippen LogP contribution in [0.4, 0.5) is 18.9 Å². The number of halogens is 3. The van der Waals surface area contributed by atoms with Crippen LogP contribution in [-0.4, -0.2) is 34.1 Å². The smallest absolute Gasteiger partial charge is 0.239 e. The second kappa shape index (κ2) is 9.55. The highest BCUT2D eigenvalue weighted by molar-refractivity contribution is 6.04. The molecular weight excluding hydrogens is 505 g/mol. The van der Waals surface area contributed by atoms with Gasteiger partial charge in [0.25, 0.3) is 0 Å². The zero-order valence-corrected chi connectivity index (χ0v) is 21.2. The lowest BCUT2D eigenvalue weighted by molar-refractivity contribution is -0.129. The zero-order valence-electron chi connectivity index (χ0n) is 21.2. The Morgan fingerprint density at radius 1 is 1.05 bits per heavy atom. The summed E-state index contributed by atoms with van der Waals surface area (Å²) in [6.07, 6.45) is -0.247. The topological polar surface area (TPSA) is 67.2 Å². The van der Waals surface area contributed by atoms with Crippen molar-refractivity contribution in [1.82, 2.24) is 15.1 Å². The third-order valence-electron chi connectivity index (χ3n) is 7.85. The Labute approximate surface area is 223 Å². The lowest BCUT2D eigenvalue weighted by atomic mass is 9.77. The lowest BCUT2D eigenvalue weighted by Gasteiger charge is -2.32. The van der Waals surface area contributed by atoms with Crippen LogP contribution in [0.3, 0.4) is 0 Å². The largest absolute Gasteiger partial charge is 0.350 e. The molecule has 2 heterocycles. The molecule has 3 aromatic carbocycles. The molecule has 1 N–H and O–H groups in total. The minimum Gasteiger partial charge on any atom is -0.350 e. The Kier molecular flexibility index (Phi) is 6.16. The molecule has 200 valence electrons. The van der Waals surface area contributed by atoms with E-state index >= 15 is 0 Å². The second-order valence-corrected chi connectivity index (χ2v) is 10.6. The lowest BCUT2D eigenvalue weighted by Crippen LogP contribution is -2.49. The molecule has 1 aliphatic carbocycles. The van der Waals surface area contributed by atoms with E-state index in [4.69, 9.17) is 0 Å². The van der Waals surface area contributed by atoms with Crippen LogP contribution >= 0.6 is 0 Å². The van der Waals surface area contributed by atoms with Crippen LogP contribution in [0.2, 0.25) is 0 Å². The van der Waals surface area contributed by atoms with Crippen LogP contribution in [-0.2, 0) is 9.59 Å². The Morgan fingerprint density at radius 3 is 2.41 bits per heavy atom. The van der Waals surface area contributed by atoms with Gasteiger partial charge in [-0.1, -0.05) is 30.3 Å². The van der Waals surface area contributed by atoms with Gasteiger partial charge < -0.3 is 10.2 Å². The molecule has 3 atom stereocenters. The fourth-order valence-electron chi connectivity index (χ4n) is 5.65. The predicted octanol–water partition coefficient (Wildman–Crippen LogP) is 5.81. The van der Waals surface area contributed by atoms with Gasteiger partial charge in [0, 0.05) is 23.4 Å². The number of hydrogen-bond acceptors (Lipinski definition) is 3. The Balaban J connectivity index is 1.46. The number of nitrogens with one attached hydrogen (secondary N) is 1. The molecule has 1 saturated heterocycles. The number of carbonyl (C=O) groups is 2. The van der Waals surface area contributed by atoms with E-state index in [1.54, 1.807) is 46.1 Å². The van der Waals surface area contributed by atoms with Crippen molar-refractivity contribution >= 4 is 28.4 Å². The van der Waals surface area contributed by atoms with Gasteiger partial charge in [0.15, 0.2) is 0 Å². The monoisotopic (exact) mass is 532 g/mol. The number of nitrogens with zero attached hydrogens (tertiary/aromatic N) is 3. The normalized spacial score (nSPS) is 23.1. The van der Waals surface area contributed by atoms with E-state index in [1.807, 2.05) is 30.3 Å². The maximum Gasteiger partial charge on any atom is 0.239 e. The standard InChI is InChI=1S/C30H27F3N4O2/c1-30(16-25(32)33)27(35-28(38)19-7-8-19)26(18-5-3-2-4-6-18)36(29(30)39)23-13-14-24-20(15-23)17-34-37(24)22-11-9-21(31)10-12-22/h2-6,9-15,17,19,25-27H,7-8,16H2,1H3,(H,35,38)/t26?,27?,30-/m0/s1. The molecule has 0 bridgehead atoms. The average molecular weight is 533 g/mol. The molecule has 6 rings (SSSR count). The third kappa shape index (κ3) is 4.45. The number of anilines is 1. The van der Waals surface area contributed by atoms with Crippen molar-refractivity contribution in [1.29, 1.82) is 0 Å². The molecule has 4 aromatic rings. The van der Waals surface area contributed by atoms with E-state index in [2.05, 4.69) is 10.4 Å². The van der Waals surface area contributed by atoms with E-state index < -0.39 is 36.3 Å². The number of benzene rings is 3. The number of fused-ring (bicyclic) bond motifs is 1. The van der Waals surface area contributed by atoms with Gasteiger partial charge in [-0.15, -0.1) is 0 Å². The van der Waals surface area contributed by atoms with E-state index in [1.165, 1.54) is 19.1 Å². The van der Waals surface area contributed by atoms with Crippen molar-refractivity contribution in [3.05, 3.63) is 90.4 Å². The first-order chi connectivity index (χ1) is 18.8. The molecule has 2 unspecified atom stereocenters. The molecule has 1 aliphatic heterocycles. The SMILES string of the molecule is C[C@@]1(CC(F)F)C(=O)N(c2ccc3c(cnn3-c3ccc(F)cc3)c2)C(c2ccccc2)C1NC(=O)C1CC1. The van der Waals surface area contributed by atoms with Crippen molar-refractivity contribution < 1.29 is 22.8 Å². The molecule has 2 amide bonds. The van der Waals surface area contributed by atoms with Gasteiger partial charge in [0.05, 0.1) is 34.9 Å². The summed E-state index contributed by atoms with van der Waals surface area (Å²) in [5, 5.41) is 8.16. The van der Waals surface area contributed by atoms with Gasteiger partial charge in [-0.2, -0.15) is 5.10 Å². The summed E-state index contributed by atoms with van der Waals surface area (Å²) in [5.74, 6) is -1.17. The quantitative estimate of drug-likeness (QED) is 0.327.